The van der Waals surface area contributed by atoms with E-state index in [0.717, 1.165) is 42.3 Å². The van der Waals surface area contributed by atoms with E-state index in [0.29, 0.717) is 12.5 Å². The van der Waals surface area contributed by atoms with Crippen molar-refractivity contribution in [2.24, 2.45) is 5.92 Å². The average molecular weight is 371 g/mol. The summed E-state index contributed by atoms with van der Waals surface area (Å²) in [6.07, 6.45) is 1.10. The number of rotatable bonds is 3. The molecule has 0 aliphatic carbocycles. The van der Waals surface area contributed by atoms with Gasteiger partial charge in [-0.25, -0.2) is 0 Å². The Balaban J connectivity index is 1.49. The number of hydrogen-bond donors (Lipinski definition) is 0. The Bertz CT molecular complexity index is 768. The monoisotopic (exact) mass is 370 g/mol. The Morgan fingerprint density at radius 1 is 1.04 bits per heavy atom. The quantitative estimate of drug-likeness (QED) is 0.827. The van der Waals surface area contributed by atoms with Crippen molar-refractivity contribution < 1.29 is 9.53 Å². The van der Waals surface area contributed by atoms with E-state index in [-0.39, 0.29) is 18.6 Å². The van der Waals surface area contributed by atoms with Crippen molar-refractivity contribution >= 4 is 23.2 Å². The number of carbonyl (C=O) groups is 1. The average Bonchev–Trinajstić information content (AvgIpc) is 2.83. The summed E-state index contributed by atoms with van der Waals surface area (Å²) in [7, 11) is 0. The molecule has 2 aliphatic rings. The lowest BCUT2D eigenvalue weighted by Crippen LogP contribution is -2.47. The normalized spacial score (nSPS) is 24.2. The van der Waals surface area contributed by atoms with Crippen molar-refractivity contribution in [3.8, 4) is 0 Å². The first-order valence-electron chi connectivity index (χ1n) is 9.13. The van der Waals surface area contributed by atoms with Crippen molar-refractivity contribution in [2.45, 2.75) is 19.1 Å². The van der Waals surface area contributed by atoms with Gasteiger partial charge in [0.2, 0.25) is 0 Å². The highest BCUT2D eigenvalue weighted by Gasteiger charge is 2.36. The van der Waals surface area contributed by atoms with E-state index in [1.54, 1.807) is 0 Å². The number of ether oxygens (including phenoxy) is 1. The molecule has 0 spiro atoms. The van der Waals surface area contributed by atoms with Gasteiger partial charge >= 0.3 is 0 Å². The fraction of sp³-hybridized carbons (Fsp3) is 0.381. The molecule has 4 nitrogen and oxygen atoms in total. The van der Waals surface area contributed by atoms with E-state index in [9.17, 15) is 4.79 Å². The number of benzene rings is 2. The maximum Gasteiger partial charge on any atom is 0.252 e. The highest BCUT2D eigenvalue weighted by molar-refractivity contribution is 6.31. The van der Waals surface area contributed by atoms with Crippen LogP contribution in [0.2, 0.25) is 5.02 Å². The molecule has 2 aliphatic heterocycles. The number of likely N-dealkylation sites (tertiary alicyclic amines) is 1. The SMILES string of the molecule is O=C1CO[C@H]2CCN(Cc3ccccc3Cl)C[C@@H]2CN1c1ccccc1. The zero-order valence-corrected chi connectivity index (χ0v) is 15.4. The van der Waals surface area contributed by atoms with Crippen molar-refractivity contribution in [3.05, 3.63) is 65.2 Å². The molecule has 2 heterocycles. The van der Waals surface area contributed by atoms with Crippen LogP contribution in [-0.4, -0.2) is 43.2 Å². The molecule has 2 aromatic rings. The van der Waals surface area contributed by atoms with E-state index < -0.39 is 0 Å². The van der Waals surface area contributed by atoms with Crippen LogP contribution in [0.4, 0.5) is 5.69 Å². The minimum Gasteiger partial charge on any atom is -0.368 e. The summed E-state index contributed by atoms with van der Waals surface area (Å²) >= 11 is 6.33. The minimum atomic E-state index is 0.0447. The van der Waals surface area contributed by atoms with Crippen molar-refractivity contribution in [3.63, 3.8) is 0 Å². The Morgan fingerprint density at radius 3 is 2.62 bits per heavy atom. The Hall–Kier alpha value is -1.88. The summed E-state index contributed by atoms with van der Waals surface area (Å²) in [5.41, 5.74) is 2.10. The fourth-order valence-electron chi connectivity index (χ4n) is 3.94. The Morgan fingerprint density at radius 2 is 1.81 bits per heavy atom. The van der Waals surface area contributed by atoms with Crippen LogP contribution >= 0.6 is 11.6 Å². The smallest absolute Gasteiger partial charge is 0.252 e. The Kier molecular flexibility index (Phi) is 5.25. The van der Waals surface area contributed by atoms with Gasteiger partial charge in [0, 0.05) is 42.8 Å². The third-order valence-electron chi connectivity index (χ3n) is 5.31. The van der Waals surface area contributed by atoms with Gasteiger partial charge in [-0.2, -0.15) is 0 Å². The number of piperidine rings is 1. The minimum absolute atomic E-state index is 0.0447. The molecule has 0 radical (unpaired) electrons. The van der Waals surface area contributed by atoms with Crippen LogP contribution in [0.5, 0.6) is 0 Å². The van der Waals surface area contributed by atoms with Gasteiger partial charge in [0.1, 0.15) is 6.61 Å². The van der Waals surface area contributed by atoms with Gasteiger partial charge in [-0.3, -0.25) is 9.69 Å². The summed E-state index contributed by atoms with van der Waals surface area (Å²) in [5.74, 6) is 0.348. The zero-order chi connectivity index (χ0) is 17.9. The van der Waals surface area contributed by atoms with Gasteiger partial charge in [0.25, 0.3) is 5.91 Å². The first-order chi connectivity index (χ1) is 12.7. The van der Waals surface area contributed by atoms with Crippen LogP contribution in [0.15, 0.2) is 54.6 Å². The fourth-order valence-corrected chi connectivity index (χ4v) is 4.14. The second-order valence-electron chi connectivity index (χ2n) is 7.06. The first-order valence-corrected chi connectivity index (χ1v) is 9.51. The van der Waals surface area contributed by atoms with E-state index in [1.165, 1.54) is 0 Å². The highest BCUT2D eigenvalue weighted by Crippen LogP contribution is 2.28. The predicted molar refractivity (Wildman–Crippen MR) is 103 cm³/mol. The second-order valence-corrected chi connectivity index (χ2v) is 7.47. The highest BCUT2D eigenvalue weighted by atomic mass is 35.5. The lowest BCUT2D eigenvalue weighted by atomic mass is 9.93. The zero-order valence-electron chi connectivity index (χ0n) is 14.7. The molecule has 5 heteroatoms. The molecule has 2 aromatic carbocycles. The number of carbonyl (C=O) groups excluding carboxylic acids is 1. The number of anilines is 1. The maximum atomic E-state index is 12.5. The summed E-state index contributed by atoms with van der Waals surface area (Å²) in [5, 5.41) is 0.813. The summed E-state index contributed by atoms with van der Waals surface area (Å²) < 4.78 is 5.95. The third-order valence-corrected chi connectivity index (χ3v) is 5.68. The molecule has 0 saturated carbocycles. The number of halogens is 1. The molecule has 4 rings (SSSR count). The molecular weight excluding hydrogens is 348 g/mol. The van der Waals surface area contributed by atoms with Crippen LogP contribution in [0, 0.1) is 5.92 Å². The number of fused-ring (bicyclic) bond motifs is 1. The first kappa shape index (κ1) is 17.5. The summed E-state index contributed by atoms with van der Waals surface area (Å²) in [4.78, 5) is 16.8. The molecule has 0 N–H and O–H groups in total. The number of amides is 1. The molecular formula is C21H23ClN2O2. The predicted octanol–water partition coefficient (Wildman–Crippen LogP) is 3.59. The van der Waals surface area contributed by atoms with Crippen molar-refractivity contribution in [2.75, 3.05) is 31.1 Å². The van der Waals surface area contributed by atoms with Gasteiger partial charge < -0.3 is 9.64 Å². The van der Waals surface area contributed by atoms with Gasteiger partial charge in [-0.05, 0) is 30.2 Å². The number of hydrogen-bond acceptors (Lipinski definition) is 3. The topological polar surface area (TPSA) is 32.8 Å². The van der Waals surface area contributed by atoms with E-state index in [4.69, 9.17) is 16.3 Å². The van der Waals surface area contributed by atoms with Crippen LogP contribution in [-0.2, 0) is 16.1 Å². The lowest BCUT2D eigenvalue weighted by Gasteiger charge is -2.38. The number of para-hydroxylation sites is 1. The van der Waals surface area contributed by atoms with Gasteiger partial charge in [-0.15, -0.1) is 0 Å². The molecule has 0 aromatic heterocycles. The summed E-state index contributed by atoms with van der Waals surface area (Å²) in [6, 6.07) is 17.9. The van der Waals surface area contributed by atoms with E-state index in [2.05, 4.69) is 11.0 Å². The van der Waals surface area contributed by atoms with Crippen LogP contribution in [0.1, 0.15) is 12.0 Å². The lowest BCUT2D eigenvalue weighted by molar-refractivity contribution is -0.124. The van der Waals surface area contributed by atoms with Gasteiger partial charge in [0.15, 0.2) is 0 Å². The molecule has 26 heavy (non-hydrogen) atoms. The number of nitrogens with zero attached hydrogens (tertiary/aromatic N) is 2. The molecule has 136 valence electrons. The molecule has 0 bridgehead atoms. The van der Waals surface area contributed by atoms with Crippen LogP contribution in [0.3, 0.4) is 0 Å². The molecule has 2 fully saturated rings. The molecule has 2 saturated heterocycles. The van der Waals surface area contributed by atoms with Crippen molar-refractivity contribution in [1.82, 2.24) is 4.90 Å². The van der Waals surface area contributed by atoms with Crippen LogP contribution in [0.25, 0.3) is 0 Å². The molecule has 2 atom stereocenters. The Labute approximate surface area is 159 Å². The van der Waals surface area contributed by atoms with E-state index in [1.807, 2.05) is 53.4 Å². The molecule has 1 amide bonds. The largest absolute Gasteiger partial charge is 0.368 e. The standard InChI is InChI=1S/C21H23ClN2O2/c22-19-9-5-4-6-16(19)12-23-11-10-20-17(13-23)14-24(21(25)15-26-20)18-7-2-1-3-8-18/h1-9,17,20H,10-15H2/t17-,20+/m1/s1. The van der Waals surface area contributed by atoms with Gasteiger partial charge in [0.05, 0.1) is 6.10 Å². The van der Waals surface area contributed by atoms with Crippen molar-refractivity contribution in [1.29, 1.82) is 0 Å². The maximum absolute atomic E-state index is 12.5. The van der Waals surface area contributed by atoms with Gasteiger partial charge in [-0.1, -0.05) is 48.0 Å². The summed E-state index contributed by atoms with van der Waals surface area (Å²) in [6.45, 7) is 3.58. The second kappa shape index (κ2) is 7.78. The van der Waals surface area contributed by atoms with E-state index >= 15 is 0 Å². The van der Waals surface area contributed by atoms with Crippen LogP contribution < -0.4 is 4.90 Å². The molecule has 0 unspecified atom stereocenters. The third kappa shape index (κ3) is 3.78.